The van der Waals surface area contributed by atoms with Crippen molar-refractivity contribution in [3.8, 4) is 11.1 Å². The molecule has 1 aromatic carbocycles. The Morgan fingerprint density at radius 2 is 2.03 bits per heavy atom. The van der Waals surface area contributed by atoms with E-state index in [2.05, 4.69) is 32.3 Å². The van der Waals surface area contributed by atoms with E-state index in [0.29, 0.717) is 30.5 Å². The van der Waals surface area contributed by atoms with Crippen molar-refractivity contribution >= 4 is 22.6 Å². The van der Waals surface area contributed by atoms with Crippen LogP contribution in [0, 0.1) is 5.82 Å². The third-order valence-corrected chi connectivity index (χ3v) is 5.24. The van der Waals surface area contributed by atoms with Crippen LogP contribution in [0.15, 0.2) is 36.7 Å². The molecule has 1 aliphatic rings. The number of amides is 1. The van der Waals surface area contributed by atoms with Crippen molar-refractivity contribution in [1.82, 2.24) is 25.4 Å². The third-order valence-electron chi connectivity index (χ3n) is 5.24. The lowest BCUT2D eigenvalue weighted by Gasteiger charge is -2.35. The molecule has 8 heteroatoms. The van der Waals surface area contributed by atoms with E-state index in [9.17, 15) is 9.18 Å². The van der Waals surface area contributed by atoms with E-state index >= 15 is 0 Å². The highest BCUT2D eigenvalue weighted by atomic mass is 19.1. The van der Waals surface area contributed by atoms with Crippen LogP contribution >= 0.6 is 0 Å². The van der Waals surface area contributed by atoms with Crippen molar-refractivity contribution in [2.75, 3.05) is 44.2 Å². The fraction of sp³-hybridized carbons (Fsp3) is 0.381. The number of hydrogen-bond acceptors (Lipinski definition) is 5. The molecule has 1 aliphatic heterocycles. The smallest absolute Gasteiger partial charge is 0.236 e. The van der Waals surface area contributed by atoms with Gasteiger partial charge >= 0.3 is 0 Å². The topological polar surface area (TPSA) is 77.2 Å². The highest BCUT2D eigenvalue weighted by Crippen LogP contribution is 2.26. The first-order valence-electron chi connectivity index (χ1n) is 9.98. The Morgan fingerprint density at radius 3 is 2.76 bits per heavy atom. The first-order valence-corrected chi connectivity index (χ1v) is 9.98. The van der Waals surface area contributed by atoms with Gasteiger partial charge in [0.05, 0.1) is 17.4 Å². The first-order chi connectivity index (χ1) is 14.2. The summed E-state index contributed by atoms with van der Waals surface area (Å²) in [5.74, 6) is 0.716. The zero-order chi connectivity index (χ0) is 20.2. The number of fused-ring (bicyclic) bond motifs is 1. The zero-order valence-corrected chi connectivity index (χ0v) is 16.5. The fourth-order valence-corrected chi connectivity index (χ4v) is 3.58. The van der Waals surface area contributed by atoms with Gasteiger partial charge in [0.15, 0.2) is 0 Å². The summed E-state index contributed by atoms with van der Waals surface area (Å²) in [5.41, 5.74) is 2.18. The summed E-state index contributed by atoms with van der Waals surface area (Å²) in [5, 5.41) is 10.4. The summed E-state index contributed by atoms with van der Waals surface area (Å²) in [6.45, 7) is 6.23. The number of piperazine rings is 1. The molecular weight excluding hydrogens is 371 g/mol. The highest BCUT2D eigenvalue weighted by molar-refractivity contribution is 5.84. The molecule has 1 saturated heterocycles. The number of carbonyl (C=O) groups is 1. The highest BCUT2D eigenvalue weighted by Gasteiger charge is 2.21. The number of anilines is 1. The number of aromatic amines is 1. The molecule has 7 nitrogen and oxygen atoms in total. The number of rotatable bonds is 6. The van der Waals surface area contributed by atoms with Crippen LogP contribution in [0.5, 0.6) is 0 Å². The lowest BCUT2D eigenvalue weighted by atomic mass is 10.1. The molecule has 3 aromatic rings. The number of pyridine rings is 1. The van der Waals surface area contributed by atoms with Gasteiger partial charge in [0, 0.05) is 44.1 Å². The van der Waals surface area contributed by atoms with Gasteiger partial charge in [-0.3, -0.25) is 9.89 Å². The third kappa shape index (κ3) is 4.22. The van der Waals surface area contributed by atoms with Gasteiger partial charge in [0.25, 0.3) is 0 Å². The maximum atomic E-state index is 14.2. The van der Waals surface area contributed by atoms with Crippen molar-refractivity contribution < 1.29 is 9.18 Å². The maximum Gasteiger partial charge on any atom is 0.236 e. The van der Waals surface area contributed by atoms with Crippen LogP contribution in [0.3, 0.4) is 0 Å². The number of H-pyrrole nitrogens is 1. The Kier molecular flexibility index (Phi) is 5.71. The van der Waals surface area contributed by atoms with Gasteiger partial charge in [-0.1, -0.05) is 6.92 Å². The molecule has 1 amide bonds. The monoisotopic (exact) mass is 396 g/mol. The van der Waals surface area contributed by atoms with E-state index in [4.69, 9.17) is 0 Å². The van der Waals surface area contributed by atoms with E-state index in [1.54, 1.807) is 12.4 Å². The minimum Gasteiger partial charge on any atom is -0.353 e. The van der Waals surface area contributed by atoms with Crippen LogP contribution in [0.25, 0.3) is 22.0 Å². The Morgan fingerprint density at radius 1 is 1.21 bits per heavy atom. The largest absolute Gasteiger partial charge is 0.353 e. The number of halogens is 1. The van der Waals surface area contributed by atoms with Crippen LogP contribution in [0.4, 0.5) is 10.2 Å². The van der Waals surface area contributed by atoms with Gasteiger partial charge < -0.3 is 15.1 Å². The molecule has 2 N–H and O–H groups in total. The quantitative estimate of drug-likeness (QED) is 0.626. The predicted octanol–water partition coefficient (Wildman–Crippen LogP) is 2.41. The lowest BCUT2D eigenvalue weighted by Crippen LogP contribution is -2.51. The SMILES string of the molecule is CCCNCC(=O)N1CCN(c2ccc(-c3cc(F)c4c[nH]nc4c3)cn2)CC1. The standard InChI is InChI=1S/C21H25FN6O/c1-2-5-23-14-21(29)28-8-6-27(7-9-28)20-4-3-15(12-24-20)16-10-18(22)17-13-25-26-19(17)11-16/h3-4,10-13,23H,2,5-9,14H2,1H3,(H,25,26). The number of benzene rings is 1. The van der Waals surface area contributed by atoms with E-state index in [1.807, 2.05) is 23.1 Å². The van der Waals surface area contributed by atoms with E-state index in [0.717, 1.165) is 43.0 Å². The van der Waals surface area contributed by atoms with Crippen LogP contribution in [-0.2, 0) is 4.79 Å². The lowest BCUT2D eigenvalue weighted by molar-refractivity contribution is -0.130. The van der Waals surface area contributed by atoms with Gasteiger partial charge in [0.2, 0.25) is 5.91 Å². The Balaban J connectivity index is 1.39. The Hall–Kier alpha value is -3.00. The molecule has 3 heterocycles. The van der Waals surface area contributed by atoms with Crippen molar-refractivity contribution in [3.63, 3.8) is 0 Å². The van der Waals surface area contributed by atoms with Crippen molar-refractivity contribution in [3.05, 3.63) is 42.5 Å². The molecule has 2 aromatic heterocycles. The van der Waals surface area contributed by atoms with Gasteiger partial charge in [-0.15, -0.1) is 0 Å². The van der Waals surface area contributed by atoms with Crippen molar-refractivity contribution in [2.45, 2.75) is 13.3 Å². The summed E-state index contributed by atoms with van der Waals surface area (Å²) in [4.78, 5) is 20.8. The van der Waals surface area contributed by atoms with Crippen LogP contribution in [-0.4, -0.2) is 65.3 Å². The molecule has 1 fully saturated rings. The van der Waals surface area contributed by atoms with Crippen molar-refractivity contribution in [2.24, 2.45) is 0 Å². The molecule has 29 heavy (non-hydrogen) atoms. The van der Waals surface area contributed by atoms with Gasteiger partial charge in [0.1, 0.15) is 11.6 Å². The second-order valence-electron chi connectivity index (χ2n) is 7.23. The average Bonchev–Trinajstić information content (AvgIpc) is 3.23. The molecular formula is C21H25FN6O. The molecule has 0 aliphatic carbocycles. The van der Waals surface area contributed by atoms with Gasteiger partial charge in [-0.25, -0.2) is 9.37 Å². The van der Waals surface area contributed by atoms with Crippen molar-refractivity contribution in [1.29, 1.82) is 0 Å². The van der Waals surface area contributed by atoms with Crippen LogP contribution in [0.2, 0.25) is 0 Å². The average molecular weight is 396 g/mol. The normalized spacial score (nSPS) is 14.6. The summed E-state index contributed by atoms with van der Waals surface area (Å²) in [6.07, 6.45) is 4.33. The maximum absolute atomic E-state index is 14.2. The Labute approximate surface area is 168 Å². The molecule has 0 unspecified atom stereocenters. The molecule has 0 spiro atoms. The molecule has 0 bridgehead atoms. The number of nitrogens with one attached hydrogen (secondary N) is 2. The zero-order valence-electron chi connectivity index (χ0n) is 16.5. The van der Waals surface area contributed by atoms with E-state index in [-0.39, 0.29) is 11.7 Å². The van der Waals surface area contributed by atoms with E-state index in [1.165, 1.54) is 6.07 Å². The molecule has 4 rings (SSSR count). The summed E-state index contributed by atoms with van der Waals surface area (Å²) in [7, 11) is 0. The first kappa shape index (κ1) is 19.3. The Bertz CT molecular complexity index is 979. The molecule has 0 atom stereocenters. The molecule has 0 radical (unpaired) electrons. The van der Waals surface area contributed by atoms with Crippen LogP contribution < -0.4 is 10.2 Å². The van der Waals surface area contributed by atoms with Crippen LogP contribution in [0.1, 0.15) is 13.3 Å². The number of aromatic nitrogens is 3. The second-order valence-corrected chi connectivity index (χ2v) is 7.23. The second kappa shape index (κ2) is 8.57. The van der Waals surface area contributed by atoms with Gasteiger partial charge in [-0.2, -0.15) is 5.10 Å². The number of carbonyl (C=O) groups excluding carboxylic acids is 1. The predicted molar refractivity (Wildman–Crippen MR) is 111 cm³/mol. The fourth-order valence-electron chi connectivity index (χ4n) is 3.58. The number of nitrogens with zero attached hydrogens (tertiary/aromatic N) is 4. The van der Waals surface area contributed by atoms with Gasteiger partial charge in [-0.05, 0) is 42.8 Å². The molecule has 0 saturated carbocycles. The summed E-state index contributed by atoms with van der Waals surface area (Å²) < 4.78 is 14.2. The molecule has 152 valence electrons. The number of hydrogen-bond donors (Lipinski definition) is 2. The summed E-state index contributed by atoms with van der Waals surface area (Å²) in [6, 6.07) is 7.25. The van der Waals surface area contributed by atoms with E-state index < -0.39 is 0 Å². The minimum atomic E-state index is -0.301. The summed E-state index contributed by atoms with van der Waals surface area (Å²) >= 11 is 0. The minimum absolute atomic E-state index is 0.150.